The van der Waals surface area contributed by atoms with Gasteiger partial charge in [-0.2, -0.15) is 0 Å². The molecule has 2 heterocycles. The van der Waals surface area contributed by atoms with E-state index in [0.29, 0.717) is 12.0 Å². The summed E-state index contributed by atoms with van der Waals surface area (Å²) in [7, 11) is -3.64. The Balaban J connectivity index is 1.68. The van der Waals surface area contributed by atoms with Crippen molar-refractivity contribution in [3.8, 4) is 0 Å². The van der Waals surface area contributed by atoms with E-state index < -0.39 is 15.7 Å². The van der Waals surface area contributed by atoms with E-state index in [9.17, 15) is 12.8 Å². The van der Waals surface area contributed by atoms with Gasteiger partial charge in [0.1, 0.15) is 5.82 Å². The Morgan fingerprint density at radius 3 is 2.50 bits per heavy atom. The molecule has 0 unspecified atom stereocenters. The quantitative estimate of drug-likeness (QED) is 0.833. The SMILES string of the molecule is CCN1CC[C@@H]2Nc3ccc(S(=O)(=O)c4ccc(F)cc4)cc3[C@H]2CC1. The van der Waals surface area contributed by atoms with E-state index in [0.717, 1.165) is 43.7 Å². The van der Waals surface area contributed by atoms with Crippen LogP contribution in [0.5, 0.6) is 0 Å². The second-order valence-corrected chi connectivity index (χ2v) is 9.03. The first-order valence-corrected chi connectivity index (χ1v) is 10.6. The molecule has 0 radical (unpaired) electrons. The molecule has 0 aliphatic carbocycles. The number of benzene rings is 2. The number of likely N-dealkylation sites (tertiary alicyclic amines) is 1. The molecule has 0 spiro atoms. The zero-order valence-electron chi connectivity index (χ0n) is 14.8. The Morgan fingerprint density at radius 1 is 1.08 bits per heavy atom. The first-order valence-electron chi connectivity index (χ1n) is 9.12. The topological polar surface area (TPSA) is 49.4 Å². The van der Waals surface area contributed by atoms with Crippen LogP contribution < -0.4 is 5.32 Å². The van der Waals surface area contributed by atoms with E-state index in [1.807, 2.05) is 12.1 Å². The second kappa shape index (κ2) is 6.67. The number of hydrogen-bond donors (Lipinski definition) is 1. The molecule has 2 aliphatic rings. The van der Waals surface area contributed by atoms with Gasteiger partial charge in [-0.25, -0.2) is 12.8 Å². The zero-order chi connectivity index (χ0) is 18.3. The Bertz CT molecular complexity index is 912. The van der Waals surface area contributed by atoms with E-state index in [4.69, 9.17) is 0 Å². The lowest BCUT2D eigenvalue weighted by molar-refractivity contribution is 0.298. The highest BCUT2D eigenvalue weighted by Crippen LogP contribution is 2.42. The van der Waals surface area contributed by atoms with Crippen LogP contribution in [0.15, 0.2) is 52.3 Å². The van der Waals surface area contributed by atoms with E-state index in [-0.39, 0.29) is 9.79 Å². The van der Waals surface area contributed by atoms with Gasteiger partial charge in [0.05, 0.1) is 9.79 Å². The monoisotopic (exact) mass is 374 g/mol. The van der Waals surface area contributed by atoms with Crippen LogP contribution in [0, 0.1) is 5.82 Å². The number of halogens is 1. The zero-order valence-corrected chi connectivity index (χ0v) is 15.6. The summed E-state index contributed by atoms with van der Waals surface area (Å²) in [4.78, 5) is 2.85. The van der Waals surface area contributed by atoms with Crippen molar-refractivity contribution in [3.63, 3.8) is 0 Å². The van der Waals surface area contributed by atoms with Gasteiger partial charge in [0.2, 0.25) is 9.84 Å². The summed E-state index contributed by atoms with van der Waals surface area (Å²) in [6, 6.07) is 10.7. The molecule has 2 aromatic rings. The normalized spacial score (nSPS) is 23.0. The van der Waals surface area contributed by atoms with Gasteiger partial charge in [-0.15, -0.1) is 0 Å². The molecule has 0 aromatic heterocycles. The summed E-state index contributed by atoms with van der Waals surface area (Å²) in [5.41, 5.74) is 2.14. The van der Waals surface area contributed by atoms with Crippen LogP contribution >= 0.6 is 0 Å². The van der Waals surface area contributed by atoms with Gasteiger partial charge in [-0.3, -0.25) is 0 Å². The summed E-state index contributed by atoms with van der Waals surface area (Å²) in [5.74, 6) is -0.103. The number of nitrogens with one attached hydrogen (secondary N) is 1. The van der Waals surface area contributed by atoms with Crippen LogP contribution in [0.2, 0.25) is 0 Å². The van der Waals surface area contributed by atoms with Gasteiger partial charge in [0, 0.05) is 24.2 Å². The summed E-state index contributed by atoms with van der Waals surface area (Å²) in [6.45, 7) is 5.33. The summed E-state index contributed by atoms with van der Waals surface area (Å²) in [5, 5.41) is 3.58. The third kappa shape index (κ3) is 3.01. The third-order valence-corrected chi connectivity index (χ3v) is 7.41. The van der Waals surface area contributed by atoms with Gasteiger partial charge >= 0.3 is 0 Å². The van der Waals surface area contributed by atoms with Gasteiger partial charge < -0.3 is 10.2 Å². The lowest BCUT2D eigenvalue weighted by Crippen LogP contribution is -2.25. The fourth-order valence-electron chi connectivity index (χ4n) is 4.11. The van der Waals surface area contributed by atoms with Crippen LogP contribution in [0.1, 0.15) is 31.2 Å². The number of rotatable bonds is 3. The standard InChI is InChI=1S/C20H23FN2O2S/c1-2-23-11-9-17-18-13-16(7-8-19(18)22-20(17)10-12-23)26(24,25)15-5-3-14(21)4-6-15/h3-8,13,17,20,22H,2,9-12H2,1H3/t17-,20+/m1/s1. The van der Waals surface area contributed by atoms with Crippen molar-refractivity contribution >= 4 is 15.5 Å². The van der Waals surface area contributed by atoms with Crippen LogP contribution in [-0.2, 0) is 9.84 Å². The Hall–Kier alpha value is -1.92. The van der Waals surface area contributed by atoms with Gasteiger partial charge in [0.15, 0.2) is 0 Å². The molecular formula is C20H23FN2O2S. The summed E-state index contributed by atoms with van der Waals surface area (Å²) in [6.07, 6.45) is 2.09. The first-order chi connectivity index (χ1) is 12.5. The Morgan fingerprint density at radius 2 is 1.77 bits per heavy atom. The van der Waals surface area contributed by atoms with Crippen LogP contribution in [0.25, 0.3) is 0 Å². The molecular weight excluding hydrogens is 351 g/mol. The number of hydrogen-bond acceptors (Lipinski definition) is 4. The van der Waals surface area contributed by atoms with Gasteiger partial charge in [-0.05, 0) is 74.0 Å². The minimum absolute atomic E-state index is 0.124. The van der Waals surface area contributed by atoms with E-state index >= 15 is 0 Å². The molecule has 138 valence electrons. The Labute approximate surface area is 153 Å². The van der Waals surface area contributed by atoms with Crippen molar-refractivity contribution in [1.82, 2.24) is 4.90 Å². The molecule has 4 rings (SSSR count). The summed E-state index contributed by atoms with van der Waals surface area (Å²) >= 11 is 0. The molecule has 6 heteroatoms. The minimum Gasteiger partial charge on any atom is -0.381 e. The summed E-state index contributed by atoms with van der Waals surface area (Å²) < 4.78 is 39.0. The highest BCUT2D eigenvalue weighted by molar-refractivity contribution is 7.91. The molecule has 0 amide bonds. The second-order valence-electron chi connectivity index (χ2n) is 7.08. The van der Waals surface area contributed by atoms with E-state index in [1.165, 1.54) is 24.3 Å². The van der Waals surface area contributed by atoms with Crippen molar-refractivity contribution in [2.45, 2.75) is 41.5 Å². The molecule has 2 aromatic carbocycles. The molecule has 26 heavy (non-hydrogen) atoms. The maximum atomic E-state index is 13.1. The van der Waals surface area contributed by atoms with Crippen molar-refractivity contribution in [2.75, 3.05) is 25.0 Å². The molecule has 2 aliphatic heterocycles. The molecule has 2 atom stereocenters. The number of nitrogens with zero attached hydrogens (tertiary/aromatic N) is 1. The van der Waals surface area contributed by atoms with Gasteiger partial charge in [-0.1, -0.05) is 6.92 Å². The van der Waals surface area contributed by atoms with E-state index in [1.54, 1.807) is 6.07 Å². The van der Waals surface area contributed by atoms with Crippen LogP contribution in [0.4, 0.5) is 10.1 Å². The maximum absolute atomic E-state index is 13.1. The molecule has 4 nitrogen and oxygen atoms in total. The predicted octanol–water partition coefficient (Wildman–Crippen LogP) is 3.65. The first kappa shape index (κ1) is 17.5. The van der Waals surface area contributed by atoms with Crippen molar-refractivity contribution < 1.29 is 12.8 Å². The highest BCUT2D eigenvalue weighted by Gasteiger charge is 2.35. The molecule has 1 saturated heterocycles. The van der Waals surface area contributed by atoms with Crippen molar-refractivity contribution in [3.05, 3.63) is 53.8 Å². The molecule has 1 fully saturated rings. The minimum atomic E-state index is -3.64. The number of fused-ring (bicyclic) bond motifs is 3. The van der Waals surface area contributed by atoms with Crippen LogP contribution in [0.3, 0.4) is 0 Å². The molecule has 0 bridgehead atoms. The Kier molecular flexibility index (Phi) is 4.49. The smallest absolute Gasteiger partial charge is 0.206 e. The lowest BCUT2D eigenvalue weighted by atomic mass is 9.91. The largest absolute Gasteiger partial charge is 0.381 e. The fourth-order valence-corrected chi connectivity index (χ4v) is 5.41. The maximum Gasteiger partial charge on any atom is 0.206 e. The molecule has 0 saturated carbocycles. The van der Waals surface area contributed by atoms with Crippen molar-refractivity contribution in [2.24, 2.45) is 0 Å². The predicted molar refractivity (Wildman–Crippen MR) is 99.8 cm³/mol. The third-order valence-electron chi connectivity index (χ3n) is 5.64. The average Bonchev–Trinajstić information content (AvgIpc) is 2.86. The highest BCUT2D eigenvalue weighted by atomic mass is 32.2. The average molecular weight is 374 g/mol. The van der Waals surface area contributed by atoms with Gasteiger partial charge in [0.25, 0.3) is 0 Å². The number of anilines is 1. The molecule has 1 N–H and O–H groups in total. The fraction of sp³-hybridized carbons (Fsp3) is 0.400. The lowest BCUT2D eigenvalue weighted by Gasteiger charge is -2.17. The van der Waals surface area contributed by atoms with Crippen molar-refractivity contribution in [1.29, 1.82) is 0 Å². The van der Waals surface area contributed by atoms with E-state index in [2.05, 4.69) is 17.1 Å². The van der Waals surface area contributed by atoms with Crippen LogP contribution in [-0.4, -0.2) is 39.0 Å². The number of sulfone groups is 1.